The number of nitrogens with zero attached hydrogens (tertiary/aromatic N) is 2. The number of hydrogen-bond donors (Lipinski definition) is 1. The molecule has 0 saturated carbocycles. The minimum atomic E-state index is -0.0824. The lowest BCUT2D eigenvalue weighted by Gasteiger charge is -2.10. The van der Waals surface area contributed by atoms with Gasteiger partial charge < -0.3 is 10.2 Å². The maximum Gasteiger partial charge on any atom is 0.206 e. The van der Waals surface area contributed by atoms with Crippen molar-refractivity contribution in [2.75, 3.05) is 24.3 Å². The van der Waals surface area contributed by atoms with E-state index < -0.39 is 0 Å². The lowest BCUT2D eigenvalue weighted by Crippen LogP contribution is -2.13. The van der Waals surface area contributed by atoms with E-state index in [0.717, 1.165) is 11.3 Å². The first-order chi connectivity index (χ1) is 11.9. The van der Waals surface area contributed by atoms with Crippen molar-refractivity contribution in [2.45, 2.75) is 6.92 Å². The molecule has 0 bridgehead atoms. The number of aryl methyl sites for hydroxylation is 1. The number of nitrogens with one attached hydrogen (secondary N) is 1. The van der Waals surface area contributed by atoms with Crippen molar-refractivity contribution in [1.82, 2.24) is 4.98 Å². The van der Waals surface area contributed by atoms with Gasteiger partial charge in [-0.15, -0.1) is 0 Å². The summed E-state index contributed by atoms with van der Waals surface area (Å²) in [5.74, 6) is 0.561. The molecule has 0 saturated heterocycles. The maximum atomic E-state index is 12.9. The standard InChI is InChI=1S/C19H18ClN3OS/c1-12-6-4-9-15(10-12)21-19-22-18(23(2)3)17(25-19)16(24)13-7-5-8-14(20)11-13/h4-11H,1-3H3,(H,21,22). The molecule has 6 heteroatoms. The molecule has 2 aromatic carbocycles. The topological polar surface area (TPSA) is 45.2 Å². The molecule has 0 fully saturated rings. The van der Waals surface area contributed by atoms with Crippen LogP contribution in [0.3, 0.4) is 0 Å². The van der Waals surface area contributed by atoms with Crippen LogP contribution in [0, 0.1) is 6.92 Å². The summed E-state index contributed by atoms with van der Waals surface area (Å²) in [5, 5.41) is 4.50. The van der Waals surface area contributed by atoms with Gasteiger partial charge in [-0.1, -0.05) is 47.2 Å². The Labute approximate surface area is 156 Å². The normalized spacial score (nSPS) is 10.6. The zero-order chi connectivity index (χ0) is 18.0. The Bertz CT molecular complexity index is 921. The molecule has 0 amide bonds. The Kier molecular flexibility index (Phi) is 5.06. The SMILES string of the molecule is Cc1cccc(Nc2nc(N(C)C)c(C(=O)c3cccc(Cl)c3)s2)c1. The molecular weight excluding hydrogens is 354 g/mol. The van der Waals surface area contributed by atoms with Crippen molar-refractivity contribution in [1.29, 1.82) is 0 Å². The first-order valence-electron chi connectivity index (χ1n) is 7.76. The van der Waals surface area contributed by atoms with Crippen LogP contribution in [0.15, 0.2) is 48.5 Å². The zero-order valence-electron chi connectivity index (χ0n) is 14.2. The number of thiazole rings is 1. The average Bonchev–Trinajstić information content (AvgIpc) is 2.98. The molecule has 128 valence electrons. The van der Waals surface area contributed by atoms with Crippen LogP contribution in [-0.2, 0) is 0 Å². The highest BCUT2D eigenvalue weighted by Crippen LogP contribution is 2.33. The Morgan fingerprint density at radius 3 is 2.60 bits per heavy atom. The van der Waals surface area contributed by atoms with Crippen LogP contribution >= 0.6 is 22.9 Å². The summed E-state index contributed by atoms with van der Waals surface area (Å²) in [7, 11) is 3.75. The van der Waals surface area contributed by atoms with Gasteiger partial charge in [-0.2, -0.15) is 0 Å². The summed E-state index contributed by atoms with van der Waals surface area (Å²) in [6, 6.07) is 15.0. The Morgan fingerprint density at radius 2 is 1.92 bits per heavy atom. The van der Waals surface area contributed by atoms with Gasteiger partial charge in [0.25, 0.3) is 0 Å². The summed E-state index contributed by atoms with van der Waals surface area (Å²) in [4.78, 5) is 19.9. The van der Waals surface area contributed by atoms with E-state index in [9.17, 15) is 4.79 Å². The maximum absolute atomic E-state index is 12.9. The second kappa shape index (κ2) is 7.25. The first kappa shape index (κ1) is 17.5. The smallest absolute Gasteiger partial charge is 0.206 e. The number of aromatic nitrogens is 1. The Hall–Kier alpha value is -2.37. The molecule has 0 aliphatic carbocycles. The lowest BCUT2D eigenvalue weighted by atomic mass is 10.1. The molecular formula is C19H18ClN3OS. The fraction of sp³-hybridized carbons (Fsp3) is 0.158. The summed E-state index contributed by atoms with van der Waals surface area (Å²) >= 11 is 7.36. The van der Waals surface area contributed by atoms with Crippen LogP contribution in [-0.4, -0.2) is 24.9 Å². The van der Waals surface area contributed by atoms with Crippen molar-refractivity contribution in [3.63, 3.8) is 0 Å². The second-order valence-corrected chi connectivity index (χ2v) is 7.34. The number of hydrogen-bond acceptors (Lipinski definition) is 5. The molecule has 0 atom stereocenters. The van der Waals surface area contributed by atoms with Gasteiger partial charge in [-0.05, 0) is 36.8 Å². The van der Waals surface area contributed by atoms with Crippen LogP contribution in [0.2, 0.25) is 5.02 Å². The van der Waals surface area contributed by atoms with Crippen molar-refractivity contribution < 1.29 is 4.79 Å². The molecule has 4 nitrogen and oxygen atoms in total. The number of anilines is 3. The van der Waals surface area contributed by atoms with E-state index in [1.54, 1.807) is 24.3 Å². The molecule has 3 aromatic rings. The lowest BCUT2D eigenvalue weighted by molar-refractivity contribution is 0.104. The van der Waals surface area contributed by atoms with E-state index in [1.807, 2.05) is 50.2 Å². The zero-order valence-corrected chi connectivity index (χ0v) is 15.8. The number of carbonyl (C=O) groups excluding carboxylic acids is 1. The van der Waals surface area contributed by atoms with E-state index in [1.165, 1.54) is 11.3 Å². The predicted octanol–water partition coefficient (Wildman–Crippen LogP) is 5.15. The van der Waals surface area contributed by atoms with Gasteiger partial charge in [0.1, 0.15) is 4.88 Å². The fourth-order valence-corrected chi connectivity index (χ4v) is 3.64. The van der Waals surface area contributed by atoms with E-state index in [0.29, 0.717) is 26.4 Å². The molecule has 0 unspecified atom stereocenters. The highest BCUT2D eigenvalue weighted by molar-refractivity contribution is 7.18. The third-order valence-electron chi connectivity index (χ3n) is 3.60. The molecule has 1 heterocycles. The summed E-state index contributed by atoms with van der Waals surface area (Å²) in [6.07, 6.45) is 0. The van der Waals surface area contributed by atoms with Gasteiger partial charge in [-0.25, -0.2) is 4.98 Å². The van der Waals surface area contributed by atoms with Crippen molar-refractivity contribution in [3.8, 4) is 0 Å². The number of halogens is 1. The highest BCUT2D eigenvalue weighted by Gasteiger charge is 2.21. The Morgan fingerprint density at radius 1 is 1.16 bits per heavy atom. The van der Waals surface area contributed by atoms with Crippen molar-refractivity contribution >= 4 is 45.4 Å². The number of benzene rings is 2. The highest BCUT2D eigenvalue weighted by atomic mass is 35.5. The molecule has 25 heavy (non-hydrogen) atoms. The quantitative estimate of drug-likeness (QED) is 0.630. The van der Waals surface area contributed by atoms with Gasteiger partial charge in [0.15, 0.2) is 10.9 Å². The molecule has 0 aliphatic heterocycles. The first-order valence-corrected chi connectivity index (χ1v) is 8.95. The third-order valence-corrected chi connectivity index (χ3v) is 4.79. The average molecular weight is 372 g/mol. The summed E-state index contributed by atoms with van der Waals surface area (Å²) in [6.45, 7) is 2.03. The molecule has 0 aliphatic rings. The Balaban J connectivity index is 1.96. The summed E-state index contributed by atoms with van der Waals surface area (Å²) in [5.41, 5.74) is 2.66. The molecule has 0 radical (unpaired) electrons. The second-order valence-electron chi connectivity index (χ2n) is 5.90. The van der Waals surface area contributed by atoms with Crippen molar-refractivity contribution in [2.24, 2.45) is 0 Å². The van der Waals surface area contributed by atoms with E-state index in [4.69, 9.17) is 11.6 Å². The van der Waals surface area contributed by atoms with Crippen LogP contribution in [0.4, 0.5) is 16.6 Å². The van der Waals surface area contributed by atoms with Crippen molar-refractivity contribution in [3.05, 3.63) is 69.6 Å². The van der Waals surface area contributed by atoms with E-state index >= 15 is 0 Å². The minimum Gasteiger partial charge on any atom is -0.361 e. The van der Waals surface area contributed by atoms with Gasteiger partial charge in [0.05, 0.1) is 0 Å². The van der Waals surface area contributed by atoms with Crippen LogP contribution in [0.1, 0.15) is 20.8 Å². The predicted molar refractivity (Wildman–Crippen MR) is 106 cm³/mol. The van der Waals surface area contributed by atoms with Gasteiger partial charge >= 0.3 is 0 Å². The number of rotatable bonds is 5. The molecule has 3 rings (SSSR count). The largest absolute Gasteiger partial charge is 0.361 e. The molecule has 1 aromatic heterocycles. The molecule has 1 N–H and O–H groups in total. The minimum absolute atomic E-state index is 0.0824. The third kappa shape index (κ3) is 4.00. The van der Waals surface area contributed by atoms with Crippen LogP contribution in [0.5, 0.6) is 0 Å². The van der Waals surface area contributed by atoms with Gasteiger partial charge in [-0.3, -0.25) is 4.79 Å². The number of carbonyl (C=O) groups is 1. The van der Waals surface area contributed by atoms with Crippen LogP contribution < -0.4 is 10.2 Å². The monoisotopic (exact) mass is 371 g/mol. The molecule has 0 spiro atoms. The van der Waals surface area contributed by atoms with Gasteiger partial charge in [0.2, 0.25) is 5.78 Å². The fourth-order valence-electron chi connectivity index (χ4n) is 2.42. The van der Waals surface area contributed by atoms with Gasteiger partial charge in [0, 0.05) is 30.4 Å². The summed E-state index contributed by atoms with van der Waals surface area (Å²) < 4.78 is 0. The van der Waals surface area contributed by atoms with Crippen LogP contribution in [0.25, 0.3) is 0 Å². The number of ketones is 1. The van der Waals surface area contributed by atoms with E-state index in [-0.39, 0.29) is 5.78 Å². The van der Waals surface area contributed by atoms with E-state index in [2.05, 4.69) is 10.3 Å².